The molecule has 208 valence electrons. The van der Waals surface area contributed by atoms with E-state index in [4.69, 9.17) is 4.74 Å². The molecule has 37 heavy (non-hydrogen) atoms. The van der Waals surface area contributed by atoms with Gasteiger partial charge in [-0.25, -0.2) is 0 Å². The molecule has 6 nitrogen and oxygen atoms in total. The lowest BCUT2D eigenvalue weighted by Crippen LogP contribution is -2.48. The monoisotopic (exact) mass is 578 g/mol. The maximum Gasteiger partial charge on any atom is 0.249 e. The van der Waals surface area contributed by atoms with Crippen LogP contribution in [0.25, 0.3) is 0 Å². The molecule has 2 heterocycles. The molecule has 0 aromatic heterocycles. The molecule has 2 saturated heterocycles. The lowest BCUT2D eigenvalue weighted by molar-refractivity contribution is -0.139. The van der Waals surface area contributed by atoms with Crippen LogP contribution in [0.1, 0.15) is 89.9 Å². The Balaban J connectivity index is 0.000000114. The Morgan fingerprint density at radius 1 is 0.703 bits per heavy atom. The third-order valence-corrected chi connectivity index (χ3v) is 12.1. The van der Waals surface area contributed by atoms with E-state index in [9.17, 15) is 14.7 Å². The van der Waals surface area contributed by atoms with Gasteiger partial charge >= 0.3 is 0 Å². The zero-order valence-corrected chi connectivity index (χ0v) is 24.0. The molecule has 8 aliphatic carbocycles. The Labute approximate surface area is 230 Å². The fraction of sp³-hybridized carbons (Fsp3) is 0.933. The Hall–Kier alpha value is -0.660. The van der Waals surface area contributed by atoms with Gasteiger partial charge in [0.1, 0.15) is 6.10 Å². The van der Waals surface area contributed by atoms with E-state index < -0.39 is 0 Å². The molecule has 2 amide bonds. The van der Waals surface area contributed by atoms with E-state index in [0.29, 0.717) is 17.4 Å². The van der Waals surface area contributed by atoms with Crippen molar-refractivity contribution in [1.82, 2.24) is 10.6 Å². The first-order chi connectivity index (χ1) is 17.8. The standard InChI is InChI=1S/C15H23NO2.C11H18O.C4H6BrNO/c17-14-13(1-2-16-14)18-9-15-6-10-3-11(7-15)5-12(4-10)8-15;12-7-11-4-8-1-9(5-11)3-10(2-8)6-11;5-3-1-2-6-4(3)7/h10-13H,1-9H2,(H,16,17);8-10,12H,1-7H2;3H,1-2H2,(H,6,7). The summed E-state index contributed by atoms with van der Waals surface area (Å²) in [5.41, 5.74) is 0.840. The van der Waals surface area contributed by atoms with Gasteiger partial charge in [0, 0.05) is 19.7 Å². The van der Waals surface area contributed by atoms with Crippen LogP contribution < -0.4 is 10.6 Å². The molecule has 0 aromatic rings. The maximum atomic E-state index is 11.6. The number of amides is 2. The smallest absolute Gasteiger partial charge is 0.249 e. The van der Waals surface area contributed by atoms with Crippen molar-refractivity contribution in [2.24, 2.45) is 46.3 Å². The number of ether oxygens (including phenoxy) is 1. The number of carbonyl (C=O) groups is 2. The van der Waals surface area contributed by atoms with Crippen LogP contribution in [0.4, 0.5) is 0 Å². The summed E-state index contributed by atoms with van der Waals surface area (Å²) in [6.07, 6.45) is 18.7. The molecule has 2 unspecified atom stereocenters. The molecule has 8 saturated carbocycles. The second kappa shape index (κ2) is 10.7. The van der Waals surface area contributed by atoms with Crippen molar-refractivity contribution < 1.29 is 19.4 Å². The zero-order valence-electron chi connectivity index (χ0n) is 22.4. The van der Waals surface area contributed by atoms with Crippen molar-refractivity contribution in [3.05, 3.63) is 0 Å². The summed E-state index contributed by atoms with van der Waals surface area (Å²) < 4.78 is 5.99. The van der Waals surface area contributed by atoms with Gasteiger partial charge in [0.05, 0.1) is 11.4 Å². The van der Waals surface area contributed by atoms with E-state index in [-0.39, 0.29) is 22.7 Å². The minimum Gasteiger partial charge on any atom is -0.396 e. The quantitative estimate of drug-likeness (QED) is 0.426. The van der Waals surface area contributed by atoms with Gasteiger partial charge in [-0.3, -0.25) is 9.59 Å². The SMILES string of the molecule is O=C1NCCC1Br.O=C1NCCC1OCC12CC3CC(CC(C3)C1)C2.OCC12CC3CC(CC(C3)C1)C2. The minimum absolute atomic E-state index is 0.0764. The lowest BCUT2D eigenvalue weighted by atomic mass is 9.50. The summed E-state index contributed by atoms with van der Waals surface area (Å²) in [5.74, 6) is 6.11. The first-order valence-electron chi connectivity index (χ1n) is 15.2. The second-order valence-corrected chi connectivity index (χ2v) is 15.5. The van der Waals surface area contributed by atoms with E-state index in [2.05, 4.69) is 26.6 Å². The van der Waals surface area contributed by atoms with E-state index in [0.717, 1.165) is 68.0 Å². The average Bonchev–Trinajstić information content (AvgIpc) is 3.43. The van der Waals surface area contributed by atoms with Gasteiger partial charge in [0.2, 0.25) is 11.8 Å². The van der Waals surface area contributed by atoms with Gasteiger partial charge in [-0.15, -0.1) is 0 Å². The van der Waals surface area contributed by atoms with Crippen molar-refractivity contribution in [1.29, 1.82) is 0 Å². The highest BCUT2D eigenvalue weighted by Gasteiger charge is 2.52. The van der Waals surface area contributed by atoms with Gasteiger partial charge in [-0.05, 0) is 136 Å². The molecule has 10 fully saturated rings. The third kappa shape index (κ3) is 5.79. The van der Waals surface area contributed by atoms with Gasteiger partial charge in [-0.1, -0.05) is 15.9 Å². The number of aliphatic hydroxyl groups is 1. The molecule has 2 atom stereocenters. The lowest BCUT2D eigenvalue weighted by Gasteiger charge is -2.56. The molecule has 0 radical (unpaired) electrons. The Morgan fingerprint density at radius 3 is 1.46 bits per heavy atom. The van der Waals surface area contributed by atoms with Crippen molar-refractivity contribution >= 4 is 27.7 Å². The number of alkyl halides is 1. The van der Waals surface area contributed by atoms with Crippen molar-refractivity contribution in [2.75, 3.05) is 26.3 Å². The fourth-order valence-electron chi connectivity index (χ4n) is 10.5. The number of hydrogen-bond acceptors (Lipinski definition) is 4. The van der Waals surface area contributed by atoms with Crippen LogP contribution in [0, 0.1) is 46.3 Å². The molecule has 8 bridgehead atoms. The summed E-state index contributed by atoms with van der Waals surface area (Å²) in [6, 6.07) is 0. The van der Waals surface area contributed by atoms with Crippen LogP contribution in [-0.2, 0) is 14.3 Å². The first kappa shape index (κ1) is 26.6. The van der Waals surface area contributed by atoms with Crippen LogP contribution >= 0.6 is 15.9 Å². The highest BCUT2D eigenvalue weighted by atomic mass is 79.9. The predicted molar refractivity (Wildman–Crippen MR) is 146 cm³/mol. The van der Waals surface area contributed by atoms with Crippen LogP contribution in [0.5, 0.6) is 0 Å². The van der Waals surface area contributed by atoms with Gasteiger partial charge in [0.25, 0.3) is 0 Å². The third-order valence-electron chi connectivity index (χ3n) is 11.2. The summed E-state index contributed by atoms with van der Waals surface area (Å²) in [6.45, 7) is 2.93. The van der Waals surface area contributed by atoms with Crippen LogP contribution in [0.3, 0.4) is 0 Å². The number of halogens is 1. The molecule has 2 aliphatic heterocycles. The summed E-state index contributed by atoms with van der Waals surface area (Å²) in [5, 5.41) is 15.0. The van der Waals surface area contributed by atoms with E-state index in [1.165, 1.54) is 77.0 Å². The molecule has 0 spiro atoms. The molecule has 3 N–H and O–H groups in total. The van der Waals surface area contributed by atoms with E-state index >= 15 is 0 Å². The Kier molecular flexibility index (Phi) is 7.70. The maximum absolute atomic E-state index is 11.6. The van der Waals surface area contributed by atoms with Crippen molar-refractivity contribution in [3.8, 4) is 0 Å². The first-order valence-corrected chi connectivity index (χ1v) is 16.2. The minimum atomic E-state index is -0.155. The topological polar surface area (TPSA) is 87.7 Å². The molecule has 10 aliphatic rings. The van der Waals surface area contributed by atoms with Gasteiger partial charge in [0.15, 0.2) is 0 Å². The van der Waals surface area contributed by atoms with Gasteiger partial charge < -0.3 is 20.5 Å². The average molecular weight is 580 g/mol. The molecule has 0 aromatic carbocycles. The number of aliphatic hydroxyl groups excluding tert-OH is 1. The molecular formula is C30H47BrN2O4. The molecule has 10 rings (SSSR count). The summed E-state index contributed by atoms with van der Waals surface area (Å²) >= 11 is 3.19. The van der Waals surface area contributed by atoms with E-state index in [1.807, 2.05) is 0 Å². The Bertz CT molecular complexity index is 792. The summed E-state index contributed by atoms with van der Waals surface area (Å²) in [4.78, 5) is 22.0. The number of rotatable bonds is 4. The van der Waals surface area contributed by atoms with E-state index in [1.54, 1.807) is 0 Å². The van der Waals surface area contributed by atoms with Crippen LogP contribution in [0.2, 0.25) is 0 Å². The largest absolute Gasteiger partial charge is 0.396 e. The van der Waals surface area contributed by atoms with Crippen molar-refractivity contribution in [2.45, 2.75) is 101 Å². The van der Waals surface area contributed by atoms with Gasteiger partial charge in [-0.2, -0.15) is 0 Å². The molecule has 7 heteroatoms. The van der Waals surface area contributed by atoms with Crippen LogP contribution in [0.15, 0.2) is 0 Å². The second-order valence-electron chi connectivity index (χ2n) is 14.4. The fourth-order valence-corrected chi connectivity index (χ4v) is 10.9. The highest BCUT2D eigenvalue weighted by Crippen LogP contribution is 2.61. The number of hydrogen-bond donors (Lipinski definition) is 3. The number of carbonyl (C=O) groups excluding carboxylic acids is 2. The number of nitrogens with one attached hydrogen (secondary N) is 2. The predicted octanol–water partition coefficient (Wildman–Crippen LogP) is 4.57. The normalized spacial score (nSPS) is 48.2. The Morgan fingerprint density at radius 2 is 1.14 bits per heavy atom. The van der Waals surface area contributed by atoms with Crippen LogP contribution in [-0.4, -0.2) is 54.2 Å². The highest BCUT2D eigenvalue weighted by molar-refractivity contribution is 9.10. The molecular weight excluding hydrogens is 532 g/mol. The zero-order chi connectivity index (χ0) is 25.6. The van der Waals surface area contributed by atoms with Crippen molar-refractivity contribution in [3.63, 3.8) is 0 Å². The summed E-state index contributed by atoms with van der Waals surface area (Å²) in [7, 11) is 0.